The molecule has 1 unspecified atom stereocenters. The molecule has 1 aromatic heterocycles. The number of nitrogens with two attached hydrogens (primary N) is 1. The maximum atomic E-state index is 12.5. The Morgan fingerprint density at radius 1 is 1.48 bits per heavy atom. The normalized spacial score (nSPS) is 12.2. The molecule has 21 heavy (non-hydrogen) atoms. The van der Waals surface area contributed by atoms with E-state index >= 15 is 0 Å². The number of nitrogens with zero attached hydrogens (tertiary/aromatic N) is 3. The summed E-state index contributed by atoms with van der Waals surface area (Å²) in [6.07, 6.45) is 1.57. The number of hydrogen-bond acceptors (Lipinski definition) is 3. The molecule has 112 valence electrons. The monoisotopic (exact) mass is 306 g/mol. The zero-order valence-electron chi connectivity index (χ0n) is 12.4. The van der Waals surface area contributed by atoms with Crippen molar-refractivity contribution < 1.29 is 4.79 Å². The lowest BCUT2D eigenvalue weighted by atomic mass is 10.2. The molecule has 5 nitrogen and oxygen atoms in total. The van der Waals surface area contributed by atoms with E-state index in [9.17, 15) is 4.79 Å². The van der Waals surface area contributed by atoms with Gasteiger partial charge in [-0.15, -0.1) is 0 Å². The number of carbonyl (C=O) groups excluding carboxylic acids is 1. The molecule has 0 aliphatic heterocycles. The summed E-state index contributed by atoms with van der Waals surface area (Å²) in [5.74, 6) is -0.0937. The van der Waals surface area contributed by atoms with Gasteiger partial charge in [-0.3, -0.25) is 4.79 Å². The fraction of sp³-hybridized carbons (Fsp3) is 0.333. The topological polar surface area (TPSA) is 64.2 Å². The van der Waals surface area contributed by atoms with E-state index in [4.69, 9.17) is 17.3 Å². The first-order valence-corrected chi connectivity index (χ1v) is 7.12. The third kappa shape index (κ3) is 2.94. The number of rotatable bonds is 4. The van der Waals surface area contributed by atoms with Gasteiger partial charge in [-0.1, -0.05) is 23.7 Å². The SMILES string of the molecule is Cc1c(C(=O)N(C)C(C)CN)cnn1-c1ccccc1Cl. The van der Waals surface area contributed by atoms with Crippen LogP contribution in [-0.2, 0) is 0 Å². The fourth-order valence-electron chi connectivity index (χ4n) is 2.03. The van der Waals surface area contributed by atoms with E-state index in [0.29, 0.717) is 17.1 Å². The molecule has 0 aliphatic rings. The first-order valence-electron chi connectivity index (χ1n) is 6.74. The third-order valence-corrected chi connectivity index (χ3v) is 3.96. The Morgan fingerprint density at radius 2 is 2.14 bits per heavy atom. The second kappa shape index (κ2) is 6.28. The highest BCUT2D eigenvalue weighted by Crippen LogP contribution is 2.22. The largest absolute Gasteiger partial charge is 0.338 e. The van der Waals surface area contributed by atoms with Crippen LogP contribution in [-0.4, -0.2) is 40.2 Å². The van der Waals surface area contributed by atoms with Crippen molar-refractivity contribution in [3.63, 3.8) is 0 Å². The van der Waals surface area contributed by atoms with Gasteiger partial charge in [-0.25, -0.2) is 4.68 Å². The molecule has 0 fully saturated rings. The van der Waals surface area contributed by atoms with Gasteiger partial charge >= 0.3 is 0 Å². The van der Waals surface area contributed by atoms with Crippen molar-refractivity contribution in [3.8, 4) is 5.69 Å². The highest BCUT2D eigenvalue weighted by atomic mass is 35.5. The highest BCUT2D eigenvalue weighted by Gasteiger charge is 2.21. The Bertz CT molecular complexity index is 653. The number of amides is 1. The zero-order chi connectivity index (χ0) is 15.6. The van der Waals surface area contributed by atoms with Gasteiger partial charge in [0.15, 0.2) is 0 Å². The van der Waals surface area contributed by atoms with Crippen molar-refractivity contribution in [1.82, 2.24) is 14.7 Å². The number of halogens is 1. The highest BCUT2D eigenvalue weighted by molar-refractivity contribution is 6.32. The Labute approximate surface area is 129 Å². The van der Waals surface area contributed by atoms with E-state index in [2.05, 4.69) is 5.10 Å². The summed E-state index contributed by atoms with van der Waals surface area (Å²) >= 11 is 6.18. The van der Waals surface area contributed by atoms with Crippen LogP contribution in [0.4, 0.5) is 0 Å². The molecule has 1 atom stereocenters. The molecular formula is C15H19ClN4O. The van der Waals surface area contributed by atoms with Crippen molar-refractivity contribution >= 4 is 17.5 Å². The molecule has 1 amide bonds. The fourth-order valence-corrected chi connectivity index (χ4v) is 2.25. The number of aromatic nitrogens is 2. The maximum absolute atomic E-state index is 12.5. The van der Waals surface area contributed by atoms with E-state index in [0.717, 1.165) is 11.4 Å². The summed E-state index contributed by atoms with van der Waals surface area (Å²) in [6.45, 7) is 4.18. The third-order valence-electron chi connectivity index (χ3n) is 3.64. The lowest BCUT2D eigenvalue weighted by Gasteiger charge is -2.23. The Kier molecular flexibility index (Phi) is 4.65. The molecule has 6 heteroatoms. The number of carbonyl (C=O) groups is 1. The summed E-state index contributed by atoms with van der Waals surface area (Å²) in [7, 11) is 1.74. The molecule has 1 heterocycles. The Balaban J connectivity index is 2.38. The van der Waals surface area contributed by atoms with Crippen molar-refractivity contribution in [2.45, 2.75) is 19.9 Å². The van der Waals surface area contributed by atoms with Crippen LogP contribution in [0.1, 0.15) is 23.0 Å². The molecule has 2 N–H and O–H groups in total. The van der Waals surface area contributed by atoms with Gasteiger partial charge in [0.2, 0.25) is 0 Å². The summed E-state index contributed by atoms with van der Waals surface area (Å²) in [5.41, 5.74) is 7.67. The molecule has 2 rings (SSSR count). The lowest BCUT2D eigenvalue weighted by molar-refractivity contribution is 0.0747. The van der Waals surface area contributed by atoms with E-state index in [1.807, 2.05) is 32.0 Å². The van der Waals surface area contributed by atoms with Crippen LogP contribution in [0.3, 0.4) is 0 Å². The summed E-state index contributed by atoms with van der Waals surface area (Å²) in [4.78, 5) is 14.1. The average Bonchev–Trinajstić information content (AvgIpc) is 2.87. The van der Waals surface area contributed by atoms with E-state index in [-0.39, 0.29) is 11.9 Å². The minimum absolute atomic E-state index is 0.0273. The number of para-hydroxylation sites is 1. The molecule has 2 aromatic rings. The van der Waals surface area contributed by atoms with Crippen molar-refractivity contribution in [2.75, 3.05) is 13.6 Å². The van der Waals surface area contributed by atoms with Gasteiger partial charge in [-0.2, -0.15) is 5.10 Å². The summed E-state index contributed by atoms with van der Waals surface area (Å²) in [5, 5.41) is 4.88. The second-order valence-electron chi connectivity index (χ2n) is 5.01. The molecule has 0 bridgehead atoms. The summed E-state index contributed by atoms with van der Waals surface area (Å²) < 4.78 is 1.68. The number of likely N-dealkylation sites (N-methyl/N-ethyl adjacent to an activating group) is 1. The van der Waals surface area contributed by atoms with Crippen LogP contribution >= 0.6 is 11.6 Å². The molecule has 0 saturated carbocycles. The van der Waals surface area contributed by atoms with Gasteiger partial charge < -0.3 is 10.6 Å². The first-order chi connectivity index (χ1) is 9.97. The van der Waals surface area contributed by atoms with Crippen LogP contribution < -0.4 is 5.73 Å². The quantitative estimate of drug-likeness (QED) is 0.942. The van der Waals surface area contributed by atoms with Crippen molar-refractivity contribution in [3.05, 3.63) is 46.7 Å². The van der Waals surface area contributed by atoms with Crippen LogP contribution in [0.2, 0.25) is 5.02 Å². The molecular weight excluding hydrogens is 288 g/mol. The van der Waals surface area contributed by atoms with Gasteiger partial charge in [0.1, 0.15) is 0 Å². The maximum Gasteiger partial charge on any atom is 0.257 e. The Hall–Kier alpha value is -1.85. The van der Waals surface area contributed by atoms with Crippen LogP contribution in [0.5, 0.6) is 0 Å². The van der Waals surface area contributed by atoms with Gasteiger partial charge in [0.05, 0.1) is 28.2 Å². The zero-order valence-corrected chi connectivity index (χ0v) is 13.1. The van der Waals surface area contributed by atoms with Gasteiger partial charge in [0, 0.05) is 19.6 Å². The van der Waals surface area contributed by atoms with Crippen LogP contribution in [0.25, 0.3) is 5.69 Å². The lowest BCUT2D eigenvalue weighted by Crippen LogP contribution is -2.39. The predicted molar refractivity (Wildman–Crippen MR) is 83.9 cm³/mol. The second-order valence-corrected chi connectivity index (χ2v) is 5.41. The molecule has 0 saturated heterocycles. The van der Waals surface area contributed by atoms with E-state index in [1.165, 1.54) is 0 Å². The smallest absolute Gasteiger partial charge is 0.257 e. The standard InChI is InChI=1S/C15H19ClN4O/c1-10(8-17)19(3)15(21)12-9-18-20(11(12)2)14-7-5-4-6-13(14)16/h4-7,9-10H,8,17H2,1-3H3. The van der Waals surface area contributed by atoms with Crippen LogP contribution in [0.15, 0.2) is 30.5 Å². The number of benzene rings is 1. The van der Waals surface area contributed by atoms with Crippen molar-refractivity contribution in [2.24, 2.45) is 5.73 Å². The Morgan fingerprint density at radius 3 is 2.76 bits per heavy atom. The minimum Gasteiger partial charge on any atom is -0.338 e. The van der Waals surface area contributed by atoms with Gasteiger partial charge in [-0.05, 0) is 26.0 Å². The molecule has 1 aromatic carbocycles. The first kappa shape index (κ1) is 15.5. The van der Waals surface area contributed by atoms with Crippen molar-refractivity contribution in [1.29, 1.82) is 0 Å². The minimum atomic E-state index is -0.0937. The van der Waals surface area contributed by atoms with Crippen LogP contribution in [0, 0.1) is 6.92 Å². The van der Waals surface area contributed by atoms with E-state index < -0.39 is 0 Å². The molecule has 0 radical (unpaired) electrons. The molecule has 0 spiro atoms. The van der Waals surface area contributed by atoms with Gasteiger partial charge in [0.25, 0.3) is 5.91 Å². The number of hydrogen-bond donors (Lipinski definition) is 1. The average molecular weight is 307 g/mol. The predicted octanol–water partition coefficient (Wildman–Crippen LogP) is 2.25. The van der Waals surface area contributed by atoms with E-state index in [1.54, 1.807) is 28.9 Å². The molecule has 0 aliphatic carbocycles. The summed E-state index contributed by atoms with van der Waals surface area (Å²) in [6, 6.07) is 7.37.